The lowest BCUT2D eigenvalue weighted by atomic mass is 10.0. The van der Waals surface area contributed by atoms with Crippen LogP contribution in [-0.2, 0) is 0 Å². The molecule has 4 heterocycles. The van der Waals surface area contributed by atoms with Gasteiger partial charge in [-0.25, -0.2) is 4.98 Å². The summed E-state index contributed by atoms with van der Waals surface area (Å²) in [6.07, 6.45) is 1.92. The molecule has 0 saturated carbocycles. The van der Waals surface area contributed by atoms with E-state index >= 15 is 0 Å². The number of fused-ring (bicyclic) bond motifs is 11. The first kappa shape index (κ1) is 21.5. The molecule has 0 bridgehead atoms. The summed E-state index contributed by atoms with van der Waals surface area (Å²) in [5.74, 6) is 0.922. The van der Waals surface area contributed by atoms with Gasteiger partial charge in [0.25, 0.3) is 0 Å². The van der Waals surface area contributed by atoms with Crippen LogP contribution < -0.4 is 0 Å². The van der Waals surface area contributed by atoms with Crippen molar-refractivity contribution in [3.8, 4) is 16.9 Å². The standard InChI is InChI=1S/C37H23N3/c1-2-10-24(11-3-1)25-18-19-38-37(21-25)40-34-17-9-6-14-28(34)30-22-31-29(23-36(30)40)27-13-5-8-16-33(27)39-32-15-7-4-12-26(32)20-35(31)39/h1-23H. The van der Waals surface area contributed by atoms with Gasteiger partial charge in [0.2, 0.25) is 0 Å². The Hall–Kier alpha value is -5.41. The van der Waals surface area contributed by atoms with Gasteiger partial charge in [0, 0.05) is 33.1 Å². The number of rotatable bonds is 2. The van der Waals surface area contributed by atoms with Crippen molar-refractivity contribution in [3.63, 3.8) is 0 Å². The van der Waals surface area contributed by atoms with Gasteiger partial charge in [0.05, 0.1) is 27.6 Å². The normalized spacial score (nSPS) is 12.0. The molecule has 0 spiro atoms. The van der Waals surface area contributed by atoms with Crippen molar-refractivity contribution in [2.45, 2.75) is 0 Å². The Labute approximate surface area is 230 Å². The van der Waals surface area contributed by atoms with Crippen LogP contribution in [0.4, 0.5) is 0 Å². The van der Waals surface area contributed by atoms with Crippen LogP contribution in [-0.4, -0.2) is 14.0 Å². The summed E-state index contributed by atoms with van der Waals surface area (Å²) in [5, 5.41) is 7.48. The molecule has 0 amide bonds. The van der Waals surface area contributed by atoms with E-state index in [1.54, 1.807) is 0 Å². The molecule has 40 heavy (non-hydrogen) atoms. The molecule has 0 radical (unpaired) electrons. The molecule has 9 aromatic rings. The van der Waals surface area contributed by atoms with E-state index in [4.69, 9.17) is 4.98 Å². The number of hydrogen-bond donors (Lipinski definition) is 0. The average Bonchev–Trinajstić information content (AvgIpc) is 3.57. The maximum Gasteiger partial charge on any atom is 0.138 e. The van der Waals surface area contributed by atoms with Crippen molar-refractivity contribution in [1.29, 1.82) is 0 Å². The molecule has 0 aliphatic heterocycles. The van der Waals surface area contributed by atoms with E-state index in [1.807, 2.05) is 6.20 Å². The Bertz CT molecular complexity index is 2430. The SMILES string of the molecule is c1ccc(-c2ccnc(-n3c4ccccc4c4cc5c(cc43)c3ccccc3n3c4ccccc4cc53)c2)cc1. The number of hydrogen-bond acceptors (Lipinski definition) is 1. The fraction of sp³-hybridized carbons (Fsp3) is 0. The largest absolute Gasteiger partial charge is 0.309 e. The highest BCUT2D eigenvalue weighted by atomic mass is 15.1. The Morgan fingerprint density at radius 3 is 1.93 bits per heavy atom. The van der Waals surface area contributed by atoms with Crippen LogP contribution in [0.3, 0.4) is 0 Å². The molecule has 9 rings (SSSR count). The molecule has 3 nitrogen and oxygen atoms in total. The van der Waals surface area contributed by atoms with Gasteiger partial charge in [0.15, 0.2) is 0 Å². The predicted octanol–water partition coefficient (Wildman–Crippen LogP) is 9.56. The maximum absolute atomic E-state index is 4.89. The molecule has 0 fully saturated rings. The minimum Gasteiger partial charge on any atom is -0.309 e. The molecule has 0 atom stereocenters. The van der Waals surface area contributed by atoms with Crippen molar-refractivity contribution >= 4 is 59.9 Å². The van der Waals surface area contributed by atoms with Gasteiger partial charge in [-0.15, -0.1) is 0 Å². The van der Waals surface area contributed by atoms with Crippen LogP contribution in [0, 0.1) is 0 Å². The lowest BCUT2D eigenvalue weighted by molar-refractivity contribution is 1.08. The molecular weight excluding hydrogens is 486 g/mol. The highest BCUT2D eigenvalue weighted by Gasteiger charge is 2.18. The van der Waals surface area contributed by atoms with E-state index in [2.05, 4.69) is 142 Å². The van der Waals surface area contributed by atoms with E-state index in [0.717, 1.165) is 22.4 Å². The van der Waals surface area contributed by atoms with Crippen molar-refractivity contribution in [2.24, 2.45) is 0 Å². The highest BCUT2D eigenvalue weighted by Crippen LogP contribution is 2.40. The first-order chi connectivity index (χ1) is 19.8. The van der Waals surface area contributed by atoms with Gasteiger partial charge in [-0.2, -0.15) is 0 Å². The highest BCUT2D eigenvalue weighted by molar-refractivity contribution is 6.22. The quantitative estimate of drug-likeness (QED) is 0.213. The summed E-state index contributed by atoms with van der Waals surface area (Å²) in [7, 11) is 0. The smallest absolute Gasteiger partial charge is 0.138 e. The zero-order valence-electron chi connectivity index (χ0n) is 21.6. The number of para-hydroxylation sites is 3. The van der Waals surface area contributed by atoms with E-state index < -0.39 is 0 Å². The third-order valence-corrected chi connectivity index (χ3v) is 8.32. The van der Waals surface area contributed by atoms with E-state index in [-0.39, 0.29) is 0 Å². The molecule has 0 unspecified atom stereocenters. The second kappa shape index (κ2) is 8.05. The Kier molecular flexibility index (Phi) is 4.33. The second-order valence-corrected chi connectivity index (χ2v) is 10.5. The Morgan fingerprint density at radius 2 is 1.07 bits per heavy atom. The van der Waals surface area contributed by atoms with Crippen LogP contribution in [0.15, 0.2) is 140 Å². The summed E-state index contributed by atoms with van der Waals surface area (Å²) < 4.78 is 4.74. The molecule has 4 aromatic heterocycles. The van der Waals surface area contributed by atoms with Crippen molar-refractivity contribution in [3.05, 3.63) is 140 Å². The molecule has 5 aromatic carbocycles. The summed E-state index contributed by atoms with van der Waals surface area (Å²) in [4.78, 5) is 4.89. The van der Waals surface area contributed by atoms with E-state index in [0.29, 0.717) is 0 Å². The molecule has 0 N–H and O–H groups in total. The fourth-order valence-corrected chi connectivity index (χ4v) is 6.56. The lowest BCUT2D eigenvalue weighted by Gasteiger charge is -2.12. The first-order valence-corrected chi connectivity index (χ1v) is 13.6. The zero-order chi connectivity index (χ0) is 26.2. The second-order valence-electron chi connectivity index (χ2n) is 10.5. The number of aromatic nitrogens is 3. The Balaban J connectivity index is 1.45. The minimum atomic E-state index is 0.922. The first-order valence-electron chi connectivity index (χ1n) is 13.6. The molecule has 3 heteroatoms. The van der Waals surface area contributed by atoms with Gasteiger partial charge in [-0.1, -0.05) is 84.9 Å². The Morgan fingerprint density at radius 1 is 0.400 bits per heavy atom. The topological polar surface area (TPSA) is 22.2 Å². The number of nitrogens with zero attached hydrogens (tertiary/aromatic N) is 3. The minimum absolute atomic E-state index is 0.922. The number of benzene rings is 5. The van der Waals surface area contributed by atoms with Gasteiger partial charge >= 0.3 is 0 Å². The van der Waals surface area contributed by atoms with Crippen molar-refractivity contribution in [2.75, 3.05) is 0 Å². The van der Waals surface area contributed by atoms with Gasteiger partial charge in [-0.05, 0) is 65.0 Å². The van der Waals surface area contributed by atoms with Crippen LogP contribution in [0.25, 0.3) is 76.8 Å². The van der Waals surface area contributed by atoms with Crippen LogP contribution in [0.5, 0.6) is 0 Å². The molecule has 0 aliphatic carbocycles. The summed E-state index contributed by atoms with van der Waals surface area (Å²) in [5.41, 5.74) is 8.36. The van der Waals surface area contributed by atoms with Crippen LogP contribution >= 0.6 is 0 Å². The van der Waals surface area contributed by atoms with E-state index in [1.165, 1.54) is 54.4 Å². The van der Waals surface area contributed by atoms with E-state index in [9.17, 15) is 0 Å². The average molecular weight is 510 g/mol. The summed E-state index contributed by atoms with van der Waals surface area (Å²) in [6, 6.07) is 48.0. The molecule has 0 aliphatic rings. The zero-order valence-corrected chi connectivity index (χ0v) is 21.6. The van der Waals surface area contributed by atoms with Crippen molar-refractivity contribution < 1.29 is 0 Å². The third-order valence-electron chi connectivity index (χ3n) is 8.32. The maximum atomic E-state index is 4.89. The summed E-state index contributed by atoms with van der Waals surface area (Å²) >= 11 is 0. The molecule has 186 valence electrons. The van der Waals surface area contributed by atoms with Crippen LogP contribution in [0.2, 0.25) is 0 Å². The predicted molar refractivity (Wildman–Crippen MR) is 167 cm³/mol. The van der Waals surface area contributed by atoms with Crippen molar-refractivity contribution in [1.82, 2.24) is 14.0 Å². The van der Waals surface area contributed by atoms with Crippen LogP contribution in [0.1, 0.15) is 0 Å². The fourth-order valence-electron chi connectivity index (χ4n) is 6.56. The molecular formula is C37H23N3. The molecule has 0 saturated heterocycles. The monoisotopic (exact) mass is 509 g/mol. The number of pyridine rings is 2. The van der Waals surface area contributed by atoms with Gasteiger partial charge < -0.3 is 4.40 Å². The lowest BCUT2D eigenvalue weighted by Crippen LogP contribution is -1.98. The van der Waals surface area contributed by atoms with Gasteiger partial charge in [0.1, 0.15) is 5.82 Å². The van der Waals surface area contributed by atoms with Gasteiger partial charge in [-0.3, -0.25) is 4.57 Å². The summed E-state index contributed by atoms with van der Waals surface area (Å²) in [6.45, 7) is 0. The third kappa shape index (κ3) is 2.92.